The lowest BCUT2D eigenvalue weighted by molar-refractivity contribution is -0.123. The molecule has 0 radical (unpaired) electrons. The summed E-state index contributed by atoms with van der Waals surface area (Å²) in [6, 6.07) is 12.7. The number of benzene rings is 2. The second-order valence-electron chi connectivity index (χ2n) is 5.39. The minimum absolute atomic E-state index is 0.0159. The molecule has 0 saturated carbocycles. The van der Waals surface area contributed by atoms with Crippen LogP contribution in [0.15, 0.2) is 60.8 Å². The Kier molecular flexibility index (Phi) is 7.17. The van der Waals surface area contributed by atoms with Crippen molar-refractivity contribution in [1.29, 1.82) is 0 Å². The first-order chi connectivity index (χ1) is 12.5. The monoisotopic (exact) mass is 376 g/mol. The largest absolute Gasteiger partial charge is 0.484 e. The van der Waals surface area contributed by atoms with Crippen LogP contribution in [0.5, 0.6) is 5.75 Å². The molecule has 0 fully saturated rings. The summed E-state index contributed by atoms with van der Waals surface area (Å²) in [6.45, 7) is 3.78. The zero-order valence-electron chi connectivity index (χ0n) is 13.9. The Morgan fingerprint density at radius 2 is 1.88 bits per heavy atom. The molecule has 7 heteroatoms. The number of nitrogens with one attached hydrogen (secondary N) is 2. The van der Waals surface area contributed by atoms with E-state index in [0.29, 0.717) is 17.7 Å². The highest BCUT2D eigenvalue weighted by atomic mass is 35.5. The molecule has 2 amide bonds. The summed E-state index contributed by atoms with van der Waals surface area (Å²) in [5.41, 5.74) is 1.01. The van der Waals surface area contributed by atoms with Gasteiger partial charge in [-0.3, -0.25) is 9.59 Å². The van der Waals surface area contributed by atoms with Gasteiger partial charge in [0.15, 0.2) is 6.61 Å². The topological polar surface area (TPSA) is 67.4 Å². The summed E-state index contributed by atoms with van der Waals surface area (Å²) in [7, 11) is 0. The van der Waals surface area contributed by atoms with Crippen molar-refractivity contribution in [3.8, 4) is 5.75 Å². The molecule has 0 heterocycles. The third kappa shape index (κ3) is 6.22. The van der Waals surface area contributed by atoms with Crippen LogP contribution < -0.4 is 15.4 Å². The molecule has 136 valence electrons. The Morgan fingerprint density at radius 1 is 1.15 bits per heavy atom. The number of hydrogen-bond donors (Lipinski definition) is 2. The fourth-order valence-electron chi connectivity index (χ4n) is 2.00. The van der Waals surface area contributed by atoms with Crippen LogP contribution in [-0.4, -0.2) is 25.0 Å². The van der Waals surface area contributed by atoms with E-state index in [-0.39, 0.29) is 35.7 Å². The van der Waals surface area contributed by atoms with Gasteiger partial charge in [-0.1, -0.05) is 36.4 Å². The van der Waals surface area contributed by atoms with E-state index in [1.807, 2.05) is 6.07 Å². The van der Waals surface area contributed by atoms with E-state index in [4.69, 9.17) is 16.3 Å². The highest BCUT2D eigenvalue weighted by Crippen LogP contribution is 2.20. The van der Waals surface area contributed by atoms with Gasteiger partial charge in [-0.25, -0.2) is 4.39 Å². The summed E-state index contributed by atoms with van der Waals surface area (Å²) in [4.78, 5) is 23.7. The van der Waals surface area contributed by atoms with Crippen LogP contribution in [0.3, 0.4) is 0 Å². The summed E-state index contributed by atoms with van der Waals surface area (Å²) in [6.07, 6.45) is 0.375. The van der Waals surface area contributed by atoms with E-state index in [0.717, 1.165) is 6.07 Å². The van der Waals surface area contributed by atoms with Gasteiger partial charge in [0.25, 0.3) is 11.8 Å². The molecule has 26 heavy (non-hydrogen) atoms. The van der Waals surface area contributed by atoms with E-state index >= 15 is 0 Å². The Bertz CT molecular complexity index is 797. The molecule has 2 N–H and O–H groups in total. The Labute approximate surface area is 155 Å². The van der Waals surface area contributed by atoms with E-state index in [9.17, 15) is 14.0 Å². The van der Waals surface area contributed by atoms with Gasteiger partial charge in [-0.15, -0.1) is 0 Å². The normalized spacial score (nSPS) is 10.1. The van der Waals surface area contributed by atoms with Crippen molar-refractivity contribution in [2.45, 2.75) is 6.42 Å². The molecule has 2 aromatic rings. The summed E-state index contributed by atoms with van der Waals surface area (Å²) in [5, 5.41) is 5.28. The lowest BCUT2D eigenvalue weighted by Crippen LogP contribution is -2.31. The highest BCUT2D eigenvalue weighted by molar-refractivity contribution is 6.30. The SMILES string of the molecule is C=C(CCNC(=O)COc1ccc(Cl)c(F)c1)NC(=O)c1ccccc1. The van der Waals surface area contributed by atoms with Crippen LogP contribution in [0.1, 0.15) is 16.8 Å². The molecule has 0 aliphatic rings. The van der Waals surface area contributed by atoms with E-state index in [1.165, 1.54) is 12.1 Å². The maximum Gasteiger partial charge on any atom is 0.257 e. The third-order valence-electron chi connectivity index (χ3n) is 3.34. The van der Waals surface area contributed by atoms with Crippen LogP contribution in [0.2, 0.25) is 5.02 Å². The van der Waals surface area contributed by atoms with Gasteiger partial charge in [0.1, 0.15) is 11.6 Å². The second-order valence-corrected chi connectivity index (χ2v) is 5.80. The summed E-state index contributed by atoms with van der Waals surface area (Å²) >= 11 is 5.57. The molecule has 0 unspecified atom stereocenters. The first-order valence-corrected chi connectivity index (χ1v) is 8.22. The van der Waals surface area contributed by atoms with Crippen molar-refractivity contribution < 1.29 is 18.7 Å². The van der Waals surface area contributed by atoms with Crippen LogP contribution in [0.4, 0.5) is 4.39 Å². The van der Waals surface area contributed by atoms with Gasteiger partial charge in [0.2, 0.25) is 0 Å². The van der Waals surface area contributed by atoms with Crippen molar-refractivity contribution in [3.63, 3.8) is 0 Å². The predicted molar refractivity (Wildman–Crippen MR) is 97.6 cm³/mol. The zero-order valence-corrected chi connectivity index (χ0v) is 14.7. The van der Waals surface area contributed by atoms with E-state index in [2.05, 4.69) is 17.2 Å². The lowest BCUT2D eigenvalue weighted by Gasteiger charge is -2.10. The zero-order chi connectivity index (χ0) is 18.9. The Morgan fingerprint density at radius 3 is 2.58 bits per heavy atom. The molecular weight excluding hydrogens is 359 g/mol. The number of amides is 2. The molecule has 5 nitrogen and oxygen atoms in total. The van der Waals surface area contributed by atoms with Crippen molar-refractivity contribution in [3.05, 3.63) is 77.2 Å². The minimum Gasteiger partial charge on any atom is -0.484 e. The number of rotatable bonds is 8. The molecule has 0 aliphatic carbocycles. The highest BCUT2D eigenvalue weighted by Gasteiger charge is 2.08. The molecule has 0 spiro atoms. The molecule has 0 saturated heterocycles. The molecule has 0 aromatic heterocycles. The molecule has 0 bridgehead atoms. The molecule has 0 aliphatic heterocycles. The van der Waals surface area contributed by atoms with Gasteiger partial charge in [-0.05, 0) is 24.3 Å². The van der Waals surface area contributed by atoms with Gasteiger partial charge >= 0.3 is 0 Å². The third-order valence-corrected chi connectivity index (χ3v) is 3.64. The molecular formula is C19H18ClFN2O3. The van der Waals surface area contributed by atoms with Gasteiger partial charge < -0.3 is 15.4 Å². The van der Waals surface area contributed by atoms with Gasteiger partial charge in [-0.2, -0.15) is 0 Å². The molecule has 2 aromatic carbocycles. The van der Waals surface area contributed by atoms with Crippen LogP contribution in [-0.2, 0) is 4.79 Å². The Hall–Kier alpha value is -2.86. The maximum atomic E-state index is 13.3. The van der Waals surface area contributed by atoms with Crippen molar-refractivity contribution >= 4 is 23.4 Å². The van der Waals surface area contributed by atoms with E-state index < -0.39 is 5.82 Å². The molecule has 2 rings (SSSR count). The van der Waals surface area contributed by atoms with Gasteiger partial charge in [0, 0.05) is 30.3 Å². The number of ether oxygens (including phenoxy) is 1. The lowest BCUT2D eigenvalue weighted by atomic mass is 10.2. The van der Waals surface area contributed by atoms with Crippen molar-refractivity contribution in [2.24, 2.45) is 0 Å². The first-order valence-electron chi connectivity index (χ1n) is 7.84. The fourth-order valence-corrected chi connectivity index (χ4v) is 2.12. The van der Waals surface area contributed by atoms with Crippen molar-refractivity contribution in [1.82, 2.24) is 10.6 Å². The number of carbonyl (C=O) groups excluding carboxylic acids is 2. The van der Waals surface area contributed by atoms with Crippen LogP contribution >= 0.6 is 11.6 Å². The summed E-state index contributed by atoms with van der Waals surface area (Å²) < 4.78 is 18.4. The fraction of sp³-hybridized carbons (Fsp3) is 0.158. The quantitative estimate of drug-likeness (QED) is 0.742. The summed E-state index contributed by atoms with van der Waals surface area (Å²) in [5.74, 6) is -1.03. The number of halogens is 2. The van der Waals surface area contributed by atoms with E-state index in [1.54, 1.807) is 24.3 Å². The van der Waals surface area contributed by atoms with Crippen molar-refractivity contribution in [2.75, 3.05) is 13.2 Å². The molecule has 0 atom stereocenters. The second kappa shape index (κ2) is 9.58. The Balaban J connectivity index is 1.66. The minimum atomic E-state index is -0.616. The average Bonchev–Trinajstić information content (AvgIpc) is 2.63. The van der Waals surface area contributed by atoms with Crippen LogP contribution in [0, 0.1) is 5.82 Å². The first kappa shape index (κ1) is 19.5. The number of carbonyl (C=O) groups is 2. The average molecular weight is 377 g/mol. The predicted octanol–water partition coefficient (Wildman–Crippen LogP) is 3.31. The van der Waals surface area contributed by atoms with Crippen LogP contribution in [0.25, 0.3) is 0 Å². The number of hydrogen-bond acceptors (Lipinski definition) is 3. The smallest absolute Gasteiger partial charge is 0.257 e. The maximum absolute atomic E-state index is 13.3. The standard InChI is InChI=1S/C19H18ClFN2O3/c1-13(23-19(25)14-5-3-2-4-6-14)9-10-22-18(24)12-26-15-7-8-16(20)17(21)11-15/h2-8,11H,1,9-10,12H2,(H,22,24)(H,23,25). The van der Waals surface area contributed by atoms with Gasteiger partial charge in [0.05, 0.1) is 5.02 Å².